The van der Waals surface area contributed by atoms with Gasteiger partial charge < -0.3 is 9.80 Å². The van der Waals surface area contributed by atoms with Gasteiger partial charge in [-0.05, 0) is 51.2 Å². The minimum atomic E-state index is 0.121. The van der Waals surface area contributed by atoms with Crippen LogP contribution in [0, 0.1) is 5.92 Å². The number of benzene rings is 1. The summed E-state index contributed by atoms with van der Waals surface area (Å²) in [5.41, 5.74) is 1.97. The molecule has 106 valence electrons. The highest BCUT2D eigenvalue weighted by Crippen LogP contribution is 2.17. The van der Waals surface area contributed by atoms with Gasteiger partial charge in [-0.3, -0.25) is 4.79 Å². The molecule has 0 amide bonds. The van der Waals surface area contributed by atoms with Crippen LogP contribution in [0.3, 0.4) is 0 Å². The van der Waals surface area contributed by atoms with Crippen LogP contribution in [0.5, 0.6) is 0 Å². The molecule has 0 saturated carbocycles. The zero-order chi connectivity index (χ0) is 14.4. The van der Waals surface area contributed by atoms with Gasteiger partial charge in [0.25, 0.3) is 0 Å². The lowest BCUT2D eigenvalue weighted by Crippen LogP contribution is -2.34. The largest absolute Gasteiger partial charge is 0.370 e. The van der Waals surface area contributed by atoms with Gasteiger partial charge in [0.15, 0.2) is 5.78 Å². The topological polar surface area (TPSA) is 23.6 Å². The Hall–Kier alpha value is -1.35. The number of anilines is 1. The molecule has 0 N–H and O–H groups in total. The summed E-state index contributed by atoms with van der Waals surface area (Å²) in [5, 5.41) is 0. The third kappa shape index (κ3) is 5.43. The smallest absolute Gasteiger partial charge is 0.159 e. The predicted octanol–water partition coefficient (Wildman–Crippen LogP) is 2.91. The van der Waals surface area contributed by atoms with Crippen molar-refractivity contribution >= 4 is 11.5 Å². The van der Waals surface area contributed by atoms with Crippen molar-refractivity contribution in [2.45, 2.75) is 20.8 Å². The summed E-state index contributed by atoms with van der Waals surface area (Å²) in [6.07, 6.45) is 0. The Morgan fingerprint density at radius 1 is 1.11 bits per heavy atom. The van der Waals surface area contributed by atoms with Crippen molar-refractivity contribution in [3.05, 3.63) is 29.8 Å². The van der Waals surface area contributed by atoms with Crippen LogP contribution in [0.25, 0.3) is 0 Å². The van der Waals surface area contributed by atoms with E-state index in [1.807, 2.05) is 12.1 Å². The van der Waals surface area contributed by atoms with Crippen LogP contribution in [0.15, 0.2) is 24.3 Å². The van der Waals surface area contributed by atoms with E-state index < -0.39 is 0 Å². The van der Waals surface area contributed by atoms with Crippen molar-refractivity contribution in [3.63, 3.8) is 0 Å². The lowest BCUT2D eigenvalue weighted by Gasteiger charge is -2.28. The second kappa shape index (κ2) is 7.29. The van der Waals surface area contributed by atoms with Crippen molar-refractivity contribution < 1.29 is 4.79 Å². The summed E-state index contributed by atoms with van der Waals surface area (Å²) in [6, 6.07) is 7.94. The number of carbonyl (C=O) groups excluding carboxylic acids is 1. The summed E-state index contributed by atoms with van der Waals surface area (Å²) >= 11 is 0. The molecule has 0 fully saturated rings. The van der Waals surface area contributed by atoms with E-state index in [1.54, 1.807) is 6.92 Å². The van der Waals surface area contributed by atoms with E-state index in [4.69, 9.17) is 0 Å². The van der Waals surface area contributed by atoms with Crippen LogP contribution < -0.4 is 4.90 Å². The van der Waals surface area contributed by atoms with Gasteiger partial charge in [0.2, 0.25) is 0 Å². The molecule has 0 heterocycles. The molecule has 1 rings (SSSR count). The van der Waals surface area contributed by atoms with Crippen molar-refractivity contribution in [1.82, 2.24) is 4.90 Å². The first kappa shape index (κ1) is 15.7. The minimum Gasteiger partial charge on any atom is -0.370 e. The SMILES string of the molecule is CC(=O)c1ccc(N(CCN(C)C)CC(C)C)cc1. The van der Waals surface area contributed by atoms with Crippen LogP contribution in [0.2, 0.25) is 0 Å². The highest BCUT2D eigenvalue weighted by molar-refractivity contribution is 5.94. The Morgan fingerprint density at radius 3 is 2.11 bits per heavy atom. The average Bonchev–Trinajstić information content (AvgIpc) is 2.34. The standard InChI is InChI=1S/C16H26N2O/c1-13(2)12-18(11-10-17(4)5)16-8-6-15(7-9-16)14(3)19/h6-9,13H,10-12H2,1-5H3. The molecular formula is C16H26N2O. The summed E-state index contributed by atoms with van der Waals surface area (Å²) in [7, 11) is 4.18. The first-order valence-corrected chi connectivity index (χ1v) is 6.91. The normalized spacial score (nSPS) is 11.1. The molecule has 0 saturated heterocycles. The van der Waals surface area contributed by atoms with Gasteiger partial charge in [0, 0.05) is 30.9 Å². The zero-order valence-electron chi connectivity index (χ0n) is 12.8. The Balaban J connectivity index is 2.80. The van der Waals surface area contributed by atoms with Gasteiger partial charge in [-0.25, -0.2) is 0 Å². The lowest BCUT2D eigenvalue weighted by molar-refractivity contribution is 0.101. The molecule has 0 radical (unpaired) electrons. The highest BCUT2D eigenvalue weighted by atomic mass is 16.1. The van der Waals surface area contributed by atoms with Gasteiger partial charge in [-0.2, -0.15) is 0 Å². The van der Waals surface area contributed by atoms with Gasteiger partial charge in [0.05, 0.1) is 0 Å². The van der Waals surface area contributed by atoms with Gasteiger partial charge >= 0.3 is 0 Å². The highest BCUT2D eigenvalue weighted by Gasteiger charge is 2.09. The van der Waals surface area contributed by atoms with Gasteiger partial charge in [0.1, 0.15) is 0 Å². The van der Waals surface area contributed by atoms with Gasteiger partial charge in [-0.1, -0.05) is 13.8 Å². The average molecular weight is 262 g/mol. The molecule has 0 unspecified atom stereocenters. The van der Waals surface area contributed by atoms with E-state index in [9.17, 15) is 4.79 Å². The number of Topliss-reactive ketones (excluding diaryl/α,β-unsaturated/α-hetero) is 1. The number of hydrogen-bond donors (Lipinski definition) is 0. The van der Waals surface area contributed by atoms with Crippen molar-refractivity contribution in [2.24, 2.45) is 5.92 Å². The van der Waals surface area contributed by atoms with Crippen molar-refractivity contribution in [3.8, 4) is 0 Å². The zero-order valence-corrected chi connectivity index (χ0v) is 12.8. The van der Waals surface area contributed by atoms with Crippen LogP contribution in [-0.2, 0) is 0 Å². The van der Waals surface area contributed by atoms with E-state index >= 15 is 0 Å². The molecule has 3 nitrogen and oxygen atoms in total. The number of ketones is 1. The summed E-state index contributed by atoms with van der Waals surface area (Å²) in [4.78, 5) is 15.9. The van der Waals surface area contributed by atoms with Crippen LogP contribution in [0.4, 0.5) is 5.69 Å². The number of rotatable bonds is 7. The molecular weight excluding hydrogens is 236 g/mol. The van der Waals surface area contributed by atoms with E-state index in [-0.39, 0.29) is 5.78 Å². The molecule has 19 heavy (non-hydrogen) atoms. The maximum atomic E-state index is 11.3. The fourth-order valence-electron chi connectivity index (χ4n) is 1.99. The molecule has 0 atom stereocenters. The van der Waals surface area contributed by atoms with Gasteiger partial charge in [-0.15, -0.1) is 0 Å². The van der Waals surface area contributed by atoms with Crippen molar-refractivity contribution in [2.75, 3.05) is 38.6 Å². The van der Waals surface area contributed by atoms with E-state index in [1.165, 1.54) is 5.69 Å². The quantitative estimate of drug-likeness (QED) is 0.706. The van der Waals surface area contributed by atoms with Crippen LogP contribution >= 0.6 is 0 Å². The maximum absolute atomic E-state index is 11.3. The van der Waals surface area contributed by atoms with Crippen LogP contribution in [0.1, 0.15) is 31.1 Å². The molecule has 0 aliphatic heterocycles. The van der Waals surface area contributed by atoms with E-state index in [0.717, 1.165) is 25.2 Å². The second-order valence-electron chi connectivity index (χ2n) is 5.75. The van der Waals surface area contributed by atoms with Crippen molar-refractivity contribution in [1.29, 1.82) is 0 Å². The molecule has 0 aliphatic carbocycles. The molecule has 0 aliphatic rings. The summed E-state index contributed by atoms with van der Waals surface area (Å²) in [6.45, 7) is 9.13. The van der Waals surface area contributed by atoms with E-state index in [0.29, 0.717) is 5.92 Å². The third-order valence-corrected chi connectivity index (χ3v) is 3.04. The first-order valence-electron chi connectivity index (χ1n) is 6.91. The number of carbonyl (C=O) groups is 1. The Kier molecular flexibility index (Phi) is 6.03. The number of nitrogens with zero attached hydrogens (tertiary/aromatic N) is 2. The van der Waals surface area contributed by atoms with E-state index in [2.05, 4.69) is 49.9 Å². The summed E-state index contributed by atoms with van der Waals surface area (Å²) < 4.78 is 0. The maximum Gasteiger partial charge on any atom is 0.159 e. The van der Waals surface area contributed by atoms with Crippen LogP contribution in [-0.4, -0.2) is 44.4 Å². The minimum absolute atomic E-state index is 0.121. The number of likely N-dealkylation sites (N-methyl/N-ethyl adjacent to an activating group) is 1. The lowest BCUT2D eigenvalue weighted by atomic mass is 10.1. The summed E-state index contributed by atoms with van der Waals surface area (Å²) in [5.74, 6) is 0.741. The molecule has 0 spiro atoms. The molecule has 0 aromatic heterocycles. The third-order valence-electron chi connectivity index (χ3n) is 3.04. The fraction of sp³-hybridized carbons (Fsp3) is 0.562. The Morgan fingerprint density at radius 2 is 1.68 bits per heavy atom. The molecule has 0 bridgehead atoms. The predicted molar refractivity (Wildman–Crippen MR) is 82.1 cm³/mol. The first-order chi connectivity index (χ1) is 8.90. The Labute approximate surface area is 117 Å². The molecule has 1 aromatic carbocycles. The molecule has 1 aromatic rings. The second-order valence-corrected chi connectivity index (χ2v) is 5.75. The Bertz CT molecular complexity index is 396. The fourth-order valence-corrected chi connectivity index (χ4v) is 1.99. The monoisotopic (exact) mass is 262 g/mol. The molecule has 3 heteroatoms. The number of hydrogen-bond acceptors (Lipinski definition) is 3.